The number of rotatable bonds is 4. The normalized spacial score (nSPS) is 41.3. The van der Waals surface area contributed by atoms with Crippen LogP contribution in [0.2, 0.25) is 0 Å². The Morgan fingerprint density at radius 2 is 1.67 bits per heavy atom. The number of Topliss-reactive ketones (excluding diaryl/α,β-unsaturated/α-hetero) is 1. The van der Waals surface area contributed by atoms with E-state index in [-0.39, 0.29) is 66.3 Å². The van der Waals surface area contributed by atoms with E-state index in [9.17, 15) is 34.8 Å². The van der Waals surface area contributed by atoms with Crippen LogP contribution in [0.3, 0.4) is 0 Å². The van der Waals surface area contributed by atoms with Gasteiger partial charge in [0.15, 0.2) is 5.79 Å². The minimum Gasteiger partial charge on any atom is -0.460 e. The monoisotopic (exact) mass is 800 g/mol. The number of nitrogens with zero attached hydrogens (tertiary/aromatic N) is 1. The molecule has 2 bridgehead atoms. The predicted octanol–water partition coefficient (Wildman–Crippen LogP) is 6.52. The van der Waals surface area contributed by atoms with Gasteiger partial charge >= 0.3 is 5.97 Å². The molecule has 3 fully saturated rings. The highest BCUT2D eigenvalue weighted by Gasteiger charge is 2.46. The number of carbonyl (C=O) groups is 3. The Labute approximate surface area is 341 Å². The molecule has 0 radical (unpaired) electrons. The number of ether oxygens (including phenoxy) is 3. The lowest BCUT2D eigenvalue weighted by atomic mass is 9.79. The van der Waals surface area contributed by atoms with E-state index in [4.69, 9.17) is 14.2 Å². The fourth-order valence-electron chi connectivity index (χ4n) is 9.13. The zero-order chi connectivity index (χ0) is 41.9. The third-order valence-corrected chi connectivity index (χ3v) is 13.2. The Kier molecular flexibility index (Phi) is 18.2. The number of carbonyl (C=O) groups excluding carboxylic acids is 3. The van der Waals surface area contributed by atoms with Crippen molar-refractivity contribution in [2.75, 3.05) is 13.7 Å². The molecule has 4 rings (SSSR count). The molecule has 1 saturated carbocycles. The van der Waals surface area contributed by atoms with E-state index in [0.29, 0.717) is 69.9 Å². The standard InChI is InChI=1S/C46H73NO10/c1-29-13-9-8-10-14-31(3)43(55-7)26-36-19-17-34(6)46(54,57-36)28-44(52)47-22-12-11-15-37(47)45(53)56-42(33(5)24-35-18-20-38(48)41(51)25-35)21-16-30(2)39(49)27-40(50)32(4)23-29/h8-10,13-14,16,29,32-39,41-43,48-49,51,54H,11-12,15,17-28H2,1-7H3/b10-8-,13-9-,30-16-,31-14-/t29-,32-,33-,34-,35+,36+,37+,38-,39+,41-,42?,43+,46+/m1/s1. The van der Waals surface area contributed by atoms with Crippen LogP contribution in [0, 0.1) is 29.6 Å². The molecule has 11 nitrogen and oxygen atoms in total. The summed E-state index contributed by atoms with van der Waals surface area (Å²) in [6.07, 6.45) is 14.9. The van der Waals surface area contributed by atoms with Gasteiger partial charge in [-0.3, -0.25) is 9.59 Å². The topological polar surface area (TPSA) is 163 Å². The average Bonchev–Trinajstić information content (AvgIpc) is 3.17. The molecular formula is C46H73NO10. The Morgan fingerprint density at radius 1 is 0.912 bits per heavy atom. The minimum atomic E-state index is -1.70. The number of fused-ring (bicyclic) bond motifs is 3. The van der Waals surface area contributed by atoms with Crippen molar-refractivity contribution >= 4 is 17.7 Å². The molecule has 4 aliphatic rings. The van der Waals surface area contributed by atoms with E-state index in [2.05, 4.69) is 13.0 Å². The summed E-state index contributed by atoms with van der Waals surface area (Å²) < 4.78 is 18.5. The van der Waals surface area contributed by atoms with Crippen LogP contribution in [-0.4, -0.2) is 105 Å². The van der Waals surface area contributed by atoms with Crippen LogP contribution in [0.5, 0.6) is 0 Å². The molecule has 0 spiro atoms. The maximum atomic E-state index is 14.2. The highest BCUT2D eigenvalue weighted by Crippen LogP contribution is 2.38. The zero-order valence-corrected chi connectivity index (χ0v) is 35.7. The summed E-state index contributed by atoms with van der Waals surface area (Å²) >= 11 is 0. The van der Waals surface area contributed by atoms with Gasteiger partial charge in [0, 0.05) is 44.8 Å². The SMILES string of the molecule is CO[C@H]1C[C@@H]2CC[C@@H](C)[C@](O)(CC(=O)N3CCCC[C@H]3C(=O)OC([C@H](C)C[C@@H]3CC[C@@H](O)[C@H](O)C3)C/C=C(/C)[C@@H](O)CC(=O)[C@H](C)C[C@H](C)\C=C/C=C\C=C/1C)O2. The molecule has 3 heterocycles. The number of methoxy groups -OCH3 is 1. The second-order valence-corrected chi connectivity index (χ2v) is 18.0. The van der Waals surface area contributed by atoms with Crippen molar-refractivity contribution in [2.45, 2.75) is 180 Å². The smallest absolute Gasteiger partial charge is 0.329 e. The highest BCUT2D eigenvalue weighted by molar-refractivity contribution is 5.85. The number of amides is 1. The molecule has 1 amide bonds. The summed E-state index contributed by atoms with van der Waals surface area (Å²) in [6.45, 7) is 12.0. The summed E-state index contributed by atoms with van der Waals surface area (Å²) in [5.41, 5.74) is 1.62. The maximum absolute atomic E-state index is 14.2. The number of allylic oxidation sites excluding steroid dienone is 5. The molecule has 0 aromatic heterocycles. The first-order valence-corrected chi connectivity index (χ1v) is 21.7. The van der Waals surface area contributed by atoms with Crippen LogP contribution in [0.25, 0.3) is 0 Å². The summed E-state index contributed by atoms with van der Waals surface area (Å²) in [4.78, 5) is 43.1. The number of aliphatic hydroxyl groups is 4. The van der Waals surface area contributed by atoms with Crippen LogP contribution >= 0.6 is 0 Å². The molecule has 4 N–H and O–H groups in total. The van der Waals surface area contributed by atoms with Gasteiger partial charge in [-0.25, -0.2) is 4.79 Å². The summed E-state index contributed by atoms with van der Waals surface area (Å²) in [6, 6.07) is -0.820. The quantitative estimate of drug-likeness (QED) is 0.182. The van der Waals surface area contributed by atoms with Gasteiger partial charge in [-0.1, -0.05) is 64.2 Å². The van der Waals surface area contributed by atoms with Crippen LogP contribution in [0.1, 0.15) is 131 Å². The number of esters is 1. The Morgan fingerprint density at radius 3 is 2.39 bits per heavy atom. The van der Waals surface area contributed by atoms with Gasteiger partial charge in [0.1, 0.15) is 17.9 Å². The van der Waals surface area contributed by atoms with Gasteiger partial charge in [-0.2, -0.15) is 0 Å². The van der Waals surface area contributed by atoms with Crippen molar-refractivity contribution in [3.63, 3.8) is 0 Å². The van der Waals surface area contributed by atoms with Crippen molar-refractivity contribution < 1.29 is 49.0 Å². The van der Waals surface area contributed by atoms with Gasteiger partial charge < -0.3 is 39.5 Å². The molecule has 3 aliphatic heterocycles. The molecule has 1 unspecified atom stereocenters. The first-order valence-electron chi connectivity index (χ1n) is 21.7. The van der Waals surface area contributed by atoms with Crippen molar-refractivity contribution in [2.24, 2.45) is 29.6 Å². The lowest BCUT2D eigenvalue weighted by Gasteiger charge is -2.44. The number of hydrogen-bond acceptors (Lipinski definition) is 10. The molecule has 1 aliphatic carbocycles. The van der Waals surface area contributed by atoms with E-state index in [1.54, 1.807) is 18.9 Å². The molecule has 57 heavy (non-hydrogen) atoms. The van der Waals surface area contributed by atoms with E-state index >= 15 is 0 Å². The number of piperidine rings is 1. The molecular weight excluding hydrogens is 727 g/mol. The van der Waals surface area contributed by atoms with Crippen LogP contribution < -0.4 is 0 Å². The third-order valence-electron chi connectivity index (χ3n) is 13.2. The molecule has 11 heteroatoms. The van der Waals surface area contributed by atoms with E-state index in [1.807, 2.05) is 58.1 Å². The van der Waals surface area contributed by atoms with E-state index in [1.165, 1.54) is 0 Å². The van der Waals surface area contributed by atoms with Crippen molar-refractivity contribution in [3.05, 3.63) is 47.6 Å². The first kappa shape index (κ1) is 47.0. The third kappa shape index (κ3) is 13.7. The summed E-state index contributed by atoms with van der Waals surface area (Å²) in [5, 5.41) is 43.6. The van der Waals surface area contributed by atoms with E-state index < -0.39 is 42.2 Å². The molecule has 0 aromatic rings. The lowest BCUT2D eigenvalue weighted by Crippen LogP contribution is -2.54. The van der Waals surface area contributed by atoms with Crippen LogP contribution in [-0.2, 0) is 28.6 Å². The van der Waals surface area contributed by atoms with Gasteiger partial charge in [0.2, 0.25) is 5.91 Å². The Balaban J connectivity index is 1.62. The number of aliphatic hydroxyl groups excluding tert-OH is 3. The molecule has 322 valence electrons. The van der Waals surface area contributed by atoms with Crippen LogP contribution in [0.4, 0.5) is 0 Å². The van der Waals surface area contributed by atoms with Gasteiger partial charge in [0.05, 0.1) is 36.9 Å². The van der Waals surface area contributed by atoms with Crippen molar-refractivity contribution in [1.82, 2.24) is 4.90 Å². The molecule has 0 aromatic carbocycles. The second kappa shape index (κ2) is 22.1. The largest absolute Gasteiger partial charge is 0.460 e. The number of cyclic esters (lactones) is 1. The Bertz CT molecular complexity index is 1460. The van der Waals surface area contributed by atoms with Crippen molar-refractivity contribution in [1.29, 1.82) is 0 Å². The van der Waals surface area contributed by atoms with Crippen LogP contribution in [0.15, 0.2) is 47.6 Å². The summed E-state index contributed by atoms with van der Waals surface area (Å²) in [5.74, 6) is -2.98. The van der Waals surface area contributed by atoms with E-state index in [0.717, 1.165) is 24.8 Å². The number of hydrogen-bond donors (Lipinski definition) is 4. The predicted molar refractivity (Wildman–Crippen MR) is 220 cm³/mol. The van der Waals surface area contributed by atoms with Crippen molar-refractivity contribution in [3.8, 4) is 0 Å². The zero-order valence-electron chi connectivity index (χ0n) is 35.7. The lowest BCUT2D eigenvalue weighted by molar-refractivity contribution is -0.284. The second-order valence-electron chi connectivity index (χ2n) is 18.0. The first-order chi connectivity index (χ1) is 27.0. The number of ketones is 1. The Hall–Kier alpha value is -2.67. The fraction of sp³-hybridized carbons (Fsp3) is 0.761. The molecule has 13 atom stereocenters. The van der Waals surface area contributed by atoms with Gasteiger partial charge in [-0.05, 0) is 107 Å². The maximum Gasteiger partial charge on any atom is 0.329 e. The fourth-order valence-corrected chi connectivity index (χ4v) is 9.13. The minimum absolute atomic E-state index is 0.0123. The van der Waals surface area contributed by atoms with Gasteiger partial charge in [-0.15, -0.1) is 0 Å². The molecule has 2 saturated heterocycles. The summed E-state index contributed by atoms with van der Waals surface area (Å²) in [7, 11) is 1.65. The highest BCUT2D eigenvalue weighted by atomic mass is 16.6. The average molecular weight is 800 g/mol. The van der Waals surface area contributed by atoms with Gasteiger partial charge in [0.25, 0.3) is 0 Å².